The molecule has 0 spiro atoms. The van der Waals surface area contributed by atoms with Gasteiger partial charge in [-0.3, -0.25) is 0 Å². The second kappa shape index (κ2) is 8.04. The van der Waals surface area contributed by atoms with Crippen molar-refractivity contribution in [3.05, 3.63) is 64.1 Å². The molecule has 1 saturated carbocycles. The molecular formula is C21H24Cl2N2O4S. The molecule has 0 aliphatic heterocycles. The minimum absolute atomic E-state index is 0.0963. The maximum Gasteiger partial charge on any atom is 0.408 e. The highest BCUT2D eigenvalue weighted by atomic mass is 35.5. The number of halogens is 2. The van der Waals surface area contributed by atoms with Crippen LogP contribution < -0.4 is 11.1 Å². The van der Waals surface area contributed by atoms with Crippen LogP contribution in [0.4, 0.5) is 4.79 Å². The second-order valence-corrected chi connectivity index (χ2v) is 11.3. The Labute approximate surface area is 186 Å². The van der Waals surface area contributed by atoms with Gasteiger partial charge in [0.25, 0.3) is 0 Å². The highest BCUT2D eigenvalue weighted by Crippen LogP contribution is 2.57. The number of nitrogens with one attached hydrogen (secondary N) is 1. The van der Waals surface area contributed by atoms with Crippen LogP contribution in [-0.2, 0) is 14.6 Å². The summed E-state index contributed by atoms with van der Waals surface area (Å²) in [5.41, 5.74) is 4.74. The Bertz CT molecular complexity index is 1050. The summed E-state index contributed by atoms with van der Waals surface area (Å²) in [4.78, 5) is 12.6. The maximum absolute atomic E-state index is 13.5. The zero-order valence-electron chi connectivity index (χ0n) is 16.9. The first-order chi connectivity index (χ1) is 13.9. The molecule has 0 aromatic heterocycles. The molecule has 1 amide bonds. The van der Waals surface area contributed by atoms with Crippen molar-refractivity contribution in [1.82, 2.24) is 5.32 Å². The summed E-state index contributed by atoms with van der Waals surface area (Å²) < 4.78 is 32.3. The second-order valence-electron chi connectivity index (χ2n) is 8.32. The number of nitrogens with two attached hydrogens (primary N) is 1. The molecule has 9 heteroatoms. The lowest BCUT2D eigenvalue weighted by atomic mass is 10.1. The summed E-state index contributed by atoms with van der Waals surface area (Å²) in [6, 6.07) is 12.8. The van der Waals surface area contributed by atoms with Gasteiger partial charge in [-0.2, -0.15) is 0 Å². The third kappa shape index (κ3) is 4.44. The van der Waals surface area contributed by atoms with Crippen LogP contribution in [0.15, 0.2) is 53.4 Å². The normalized spacial score (nSPS) is 23.7. The SMILES string of the molecule is CC(C)(C)OC(=O)N[C@@]1(CN)[C@H](S(=O)(=O)c2ccc(Cl)cc2)[C@@H]1c1cccc(Cl)c1. The molecule has 0 unspecified atom stereocenters. The van der Waals surface area contributed by atoms with Crippen LogP contribution in [0.5, 0.6) is 0 Å². The maximum atomic E-state index is 13.5. The molecule has 1 fully saturated rings. The van der Waals surface area contributed by atoms with Gasteiger partial charge in [0.05, 0.1) is 10.4 Å². The number of hydrogen-bond donors (Lipinski definition) is 2. The van der Waals surface area contributed by atoms with E-state index in [0.717, 1.165) is 0 Å². The Balaban J connectivity index is 2.05. The fraction of sp³-hybridized carbons (Fsp3) is 0.381. The zero-order chi connectivity index (χ0) is 22.3. The van der Waals surface area contributed by atoms with Crippen LogP contribution >= 0.6 is 23.2 Å². The number of amides is 1. The fourth-order valence-corrected chi connectivity index (χ4v) is 6.41. The molecule has 3 rings (SSSR count). The van der Waals surface area contributed by atoms with E-state index in [-0.39, 0.29) is 11.4 Å². The average Bonchev–Trinajstić information content (AvgIpc) is 3.30. The standard InChI is InChI=1S/C21H24Cl2N2O4S/c1-20(2,3)29-19(26)25-21(12-24)17(13-5-4-6-15(23)11-13)18(21)30(27,28)16-9-7-14(22)8-10-16/h4-11,17-18H,12,24H2,1-3H3,(H,25,26)/t17-,18+,21+/m0/s1. The molecule has 0 radical (unpaired) electrons. The lowest BCUT2D eigenvalue weighted by molar-refractivity contribution is 0.0497. The predicted molar refractivity (Wildman–Crippen MR) is 118 cm³/mol. The summed E-state index contributed by atoms with van der Waals surface area (Å²) in [5, 5.41) is 2.65. The van der Waals surface area contributed by atoms with Crippen molar-refractivity contribution >= 4 is 39.1 Å². The van der Waals surface area contributed by atoms with Crippen molar-refractivity contribution in [3.8, 4) is 0 Å². The first kappa shape index (κ1) is 22.9. The van der Waals surface area contributed by atoms with Gasteiger partial charge >= 0.3 is 6.09 Å². The number of hydrogen-bond acceptors (Lipinski definition) is 5. The monoisotopic (exact) mass is 470 g/mol. The Hall–Kier alpha value is -1.80. The Morgan fingerprint density at radius 3 is 2.30 bits per heavy atom. The number of carbonyl (C=O) groups excluding carboxylic acids is 1. The van der Waals surface area contributed by atoms with Crippen molar-refractivity contribution in [2.75, 3.05) is 6.54 Å². The van der Waals surface area contributed by atoms with Gasteiger partial charge in [0, 0.05) is 22.5 Å². The fourth-order valence-electron chi connectivity index (χ4n) is 3.74. The molecule has 6 nitrogen and oxygen atoms in total. The number of alkyl carbamates (subject to hydrolysis) is 1. The predicted octanol–water partition coefficient (Wildman–Crippen LogP) is 4.16. The third-order valence-electron chi connectivity index (χ3n) is 5.01. The Kier molecular flexibility index (Phi) is 6.13. The summed E-state index contributed by atoms with van der Waals surface area (Å²) in [7, 11) is -3.85. The van der Waals surface area contributed by atoms with Gasteiger partial charge in [0.1, 0.15) is 10.9 Å². The van der Waals surface area contributed by atoms with Crippen LogP contribution in [-0.4, -0.2) is 37.4 Å². The molecule has 3 atom stereocenters. The van der Waals surface area contributed by atoms with E-state index < -0.39 is 38.2 Å². The molecule has 0 bridgehead atoms. The Morgan fingerprint density at radius 2 is 1.77 bits per heavy atom. The lowest BCUT2D eigenvalue weighted by Gasteiger charge is -2.24. The molecule has 162 valence electrons. The van der Waals surface area contributed by atoms with E-state index in [1.165, 1.54) is 24.3 Å². The number of sulfone groups is 1. The number of rotatable bonds is 5. The summed E-state index contributed by atoms with van der Waals surface area (Å²) >= 11 is 12.0. The van der Waals surface area contributed by atoms with Crippen LogP contribution in [0.25, 0.3) is 0 Å². The minimum atomic E-state index is -3.85. The van der Waals surface area contributed by atoms with E-state index in [9.17, 15) is 13.2 Å². The van der Waals surface area contributed by atoms with Crippen molar-refractivity contribution in [1.29, 1.82) is 0 Å². The largest absolute Gasteiger partial charge is 0.444 e. The van der Waals surface area contributed by atoms with E-state index in [1.54, 1.807) is 45.0 Å². The molecule has 3 N–H and O–H groups in total. The first-order valence-electron chi connectivity index (χ1n) is 9.37. The number of ether oxygens (including phenoxy) is 1. The topological polar surface area (TPSA) is 98.5 Å². The van der Waals surface area contributed by atoms with Gasteiger partial charge in [-0.15, -0.1) is 0 Å². The quantitative estimate of drug-likeness (QED) is 0.683. The van der Waals surface area contributed by atoms with E-state index >= 15 is 0 Å². The molecule has 0 heterocycles. The summed E-state index contributed by atoms with van der Waals surface area (Å²) in [5.74, 6) is -0.589. The van der Waals surface area contributed by atoms with E-state index in [1.807, 2.05) is 0 Å². The summed E-state index contributed by atoms with van der Waals surface area (Å²) in [6.45, 7) is 5.09. The minimum Gasteiger partial charge on any atom is -0.444 e. The van der Waals surface area contributed by atoms with Gasteiger partial charge < -0.3 is 15.8 Å². The molecule has 30 heavy (non-hydrogen) atoms. The van der Waals surface area contributed by atoms with Gasteiger partial charge in [-0.05, 0) is 62.7 Å². The number of carbonyl (C=O) groups is 1. The van der Waals surface area contributed by atoms with Crippen molar-refractivity contribution in [3.63, 3.8) is 0 Å². The average molecular weight is 471 g/mol. The van der Waals surface area contributed by atoms with Crippen molar-refractivity contribution in [2.24, 2.45) is 5.73 Å². The summed E-state index contributed by atoms with van der Waals surface area (Å²) in [6.07, 6.45) is -0.728. The molecule has 0 saturated heterocycles. The van der Waals surface area contributed by atoms with Crippen LogP contribution in [0.3, 0.4) is 0 Å². The first-order valence-corrected chi connectivity index (χ1v) is 11.7. The third-order valence-corrected chi connectivity index (χ3v) is 7.79. The molecule has 1 aliphatic carbocycles. The van der Waals surface area contributed by atoms with Gasteiger partial charge in [0.2, 0.25) is 0 Å². The molecule has 2 aromatic rings. The van der Waals surface area contributed by atoms with Crippen molar-refractivity contribution < 1.29 is 17.9 Å². The smallest absolute Gasteiger partial charge is 0.408 e. The Morgan fingerprint density at radius 1 is 1.13 bits per heavy atom. The lowest BCUT2D eigenvalue weighted by Crippen LogP contribution is -2.49. The van der Waals surface area contributed by atoms with E-state index in [2.05, 4.69) is 5.32 Å². The van der Waals surface area contributed by atoms with Crippen LogP contribution in [0.1, 0.15) is 32.3 Å². The van der Waals surface area contributed by atoms with Crippen LogP contribution in [0.2, 0.25) is 10.0 Å². The molecule has 2 aromatic carbocycles. The van der Waals surface area contributed by atoms with Crippen LogP contribution in [0, 0.1) is 0 Å². The van der Waals surface area contributed by atoms with Gasteiger partial charge in [-0.1, -0.05) is 35.3 Å². The van der Waals surface area contributed by atoms with Crippen molar-refractivity contribution in [2.45, 2.75) is 48.0 Å². The molecular weight excluding hydrogens is 447 g/mol. The van der Waals surface area contributed by atoms with Gasteiger partial charge in [0.15, 0.2) is 9.84 Å². The highest BCUT2D eigenvalue weighted by Gasteiger charge is 2.71. The zero-order valence-corrected chi connectivity index (χ0v) is 19.2. The molecule has 1 aliphatic rings. The number of benzene rings is 2. The van der Waals surface area contributed by atoms with E-state index in [4.69, 9.17) is 33.7 Å². The highest BCUT2D eigenvalue weighted by molar-refractivity contribution is 7.92. The van der Waals surface area contributed by atoms with Gasteiger partial charge in [-0.25, -0.2) is 13.2 Å². The van der Waals surface area contributed by atoms with E-state index in [0.29, 0.717) is 15.6 Å².